The monoisotopic (exact) mass is 220 g/mol. The van der Waals surface area contributed by atoms with Crippen LogP contribution < -0.4 is 0 Å². The average Bonchev–Trinajstić information content (AvgIpc) is 2.51. The van der Waals surface area contributed by atoms with E-state index in [1.807, 2.05) is 13.0 Å². The zero-order valence-electron chi connectivity index (χ0n) is 7.66. The van der Waals surface area contributed by atoms with Crippen LogP contribution in [0.1, 0.15) is 17.9 Å². The second-order valence-corrected chi connectivity index (χ2v) is 4.77. The van der Waals surface area contributed by atoms with E-state index in [1.54, 1.807) is 13.2 Å². The average molecular weight is 221 g/mol. The molecule has 0 aromatic carbocycles. The van der Waals surface area contributed by atoms with E-state index in [9.17, 15) is 5.11 Å². The molecule has 4 heteroatoms. The number of hydrogen-bond acceptors (Lipinski definition) is 3. The van der Waals surface area contributed by atoms with E-state index in [4.69, 9.17) is 16.3 Å². The topological polar surface area (TPSA) is 29.5 Å². The third-order valence-corrected chi connectivity index (χ3v) is 3.16. The van der Waals surface area contributed by atoms with Gasteiger partial charge < -0.3 is 9.84 Å². The van der Waals surface area contributed by atoms with Crippen molar-refractivity contribution in [3.63, 3.8) is 0 Å². The molecule has 2 unspecified atom stereocenters. The van der Waals surface area contributed by atoms with E-state index in [-0.39, 0.29) is 5.92 Å². The predicted molar refractivity (Wildman–Crippen MR) is 55.3 cm³/mol. The largest absolute Gasteiger partial charge is 0.387 e. The Morgan fingerprint density at radius 1 is 1.62 bits per heavy atom. The van der Waals surface area contributed by atoms with E-state index < -0.39 is 6.10 Å². The summed E-state index contributed by atoms with van der Waals surface area (Å²) in [6.45, 7) is 2.50. The number of methoxy groups -OCH3 is 1. The van der Waals surface area contributed by atoms with E-state index in [0.717, 1.165) is 4.88 Å². The molecule has 1 heterocycles. The van der Waals surface area contributed by atoms with Crippen molar-refractivity contribution in [1.29, 1.82) is 0 Å². The minimum Gasteiger partial charge on any atom is -0.387 e. The van der Waals surface area contributed by atoms with Gasteiger partial charge in [0.25, 0.3) is 0 Å². The van der Waals surface area contributed by atoms with Crippen molar-refractivity contribution in [3.8, 4) is 0 Å². The Morgan fingerprint density at radius 3 is 2.77 bits per heavy atom. The number of thiophene rings is 1. The van der Waals surface area contributed by atoms with Gasteiger partial charge in [-0.15, -0.1) is 11.3 Å². The molecule has 0 aliphatic rings. The van der Waals surface area contributed by atoms with E-state index in [1.165, 1.54) is 11.3 Å². The molecule has 1 N–H and O–H groups in total. The van der Waals surface area contributed by atoms with Crippen LogP contribution in [-0.4, -0.2) is 18.8 Å². The number of ether oxygens (including phenoxy) is 1. The lowest BCUT2D eigenvalue weighted by Gasteiger charge is -2.16. The van der Waals surface area contributed by atoms with Gasteiger partial charge in [-0.25, -0.2) is 0 Å². The second kappa shape index (κ2) is 4.96. The van der Waals surface area contributed by atoms with Crippen molar-refractivity contribution >= 4 is 22.9 Å². The SMILES string of the molecule is COCC(C)C(O)c1ccc(Cl)s1. The molecule has 0 saturated heterocycles. The fraction of sp³-hybridized carbons (Fsp3) is 0.556. The van der Waals surface area contributed by atoms with Crippen LogP contribution in [0.4, 0.5) is 0 Å². The number of aliphatic hydroxyl groups excluding tert-OH is 1. The highest BCUT2D eigenvalue weighted by atomic mass is 35.5. The number of hydrogen-bond donors (Lipinski definition) is 1. The molecule has 1 aromatic heterocycles. The molecule has 0 fully saturated rings. The Kier molecular flexibility index (Phi) is 4.19. The van der Waals surface area contributed by atoms with Gasteiger partial charge in [-0.1, -0.05) is 18.5 Å². The van der Waals surface area contributed by atoms with Gasteiger partial charge in [-0.2, -0.15) is 0 Å². The molecular formula is C9H13ClO2S. The zero-order valence-corrected chi connectivity index (χ0v) is 9.23. The molecular weight excluding hydrogens is 208 g/mol. The standard InChI is InChI=1S/C9H13ClO2S/c1-6(5-12-2)9(11)7-3-4-8(10)13-7/h3-4,6,9,11H,5H2,1-2H3. The Labute approximate surface area is 87.1 Å². The van der Waals surface area contributed by atoms with Gasteiger partial charge in [0.15, 0.2) is 0 Å². The van der Waals surface area contributed by atoms with Gasteiger partial charge in [0, 0.05) is 17.9 Å². The van der Waals surface area contributed by atoms with E-state index in [0.29, 0.717) is 10.9 Å². The van der Waals surface area contributed by atoms with Crippen molar-refractivity contribution < 1.29 is 9.84 Å². The van der Waals surface area contributed by atoms with Gasteiger partial charge in [0.2, 0.25) is 0 Å². The first-order valence-corrected chi connectivity index (χ1v) is 5.27. The molecule has 0 aliphatic heterocycles. The van der Waals surface area contributed by atoms with Gasteiger partial charge in [0.1, 0.15) is 0 Å². The summed E-state index contributed by atoms with van der Waals surface area (Å²) in [5.41, 5.74) is 0. The van der Waals surface area contributed by atoms with Crippen molar-refractivity contribution in [2.45, 2.75) is 13.0 Å². The molecule has 74 valence electrons. The third-order valence-electron chi connectivity index (χ3n) is 1.85. The van der Waals surface area contributed by atoms with Crippen LogP contribution >= 0.6 is 22.9 Å². The highest BCUT2D eigenvalue weighted by Gasteiger charge is 2.17. The first-order valence-electron chi connectivity index (χ1n) is 4.07. The second-order valence-electron chi connectivity index (χ2n) is 3.02. The molecule has 2 nitrogen and oxygen atoms in total. The van der Waals surface area contributed by atoms with Crippen molar-refractivity contribution in [2.75, 3.05) is 13.7 Å². The highest BCUT2D eigenvalue weighted by molar-refractivity contribution is 7.16. The van der Waals surface area contributed by atoms with Crippen LogP contribution in [0.2, 0.25) is 4.34 Å². The maximum absolute atomic E-state index is 9.81. The van der Waals surface area contributed by atoms with Crippen molar-refractivity contribution in [3.05, 3.63) is 21.3 Å². The molecule has 0 aliphatic carbocycles. The molecule has 0 amide bonds. The molecule has 1 aromatic rings. The Hall–Kier alpha value is -0.0900. The minimum absolute atomic E-state index is 0.0970. The molecule has 0 radical (unpaired) electrons. The van der Waals surface area contributed by atoms with Crippen molar-refractivity contribution in [1.82, 2.24) is 0 Å². The Balaban J connectivity index is 2.61. The summed E-state index contributed by atoms with van der Waals surface area (Å²) in [7, 11) is 1.63. The smallest absolute Gasteiger partial charge is 0.0932 e. The quantitative estimate of drug-likeness (QED) is 0.846. The maximum Gasteiger partial charge on any atom is 0.0932 e. The number of halogens is 1. The molecule has 0 spiro atoms. The lowest BCUT2D eigenvalue weighted by Crippen LogP contribution is -2.13. The lowest BCUT2D eigenvalue weighted by atomic mass is 10.1. The van der Waals surface area contributed by atoms with Gasteiger partial charge in [0.05, 0.1) is 17.0 Å². The Bertz CT molecular complexity index is 262. The van der Waals surface area contributed by atoms with Crippen LogP contribution in [0.5, 0.6) is 0 Å². The van der Waals surface area contributed by atoms with E-state index in [2.05, 4.69) is 0 Å². The highest BCUT2D eigenvalue weighted by Crippen LogP contribution is 2.30. The molecule has 0 saturated carbocycles. The molecule has 1 rings (SSSR count). The number of aliphatic hydroxyl groups is 1. The van der Waals surface area contributed by atoms with Crippen LogP contribution in [0, 0.1) is 5.92 Å². The predicted octanol–water partition coefficient (Wildman–Crippen LogP) is 2.72. The van der Waals surface area contributed by atoms with Crippen LogP contribution in [0.25, 0.3) is 0 Å². The first kappa shape index (κ1) is 11.0. The first-order chi connectivity index (χ1) is 6.15. The summed E-state index contributed by atoms with van der Waals surface area (Å²) >= 11 is 7.17. The van der Waals surface area contributed by atoms with Gasteiger partial charge in [-0.3, -0.25) is 0 Å². The maximum atomic E-state index is 9.81. The summed E-state index contributed by atoms with van der Waals surface area (Å²) in [6, 6.07) is 3.65. The summed E-state index contributed by atoms with van der Waals surface area (Å²) < 4.78 is 5.67. The summed E-state index contributed by atoms with van der Waals surface area (Å²) in [5, 5.41) is 9.81. The number of rotatable bonds is 4. The normalized spacial score (nSPS) is 15.7. The fourth-order valence-electron chi connectivity index (χ4n) is 1.12. The van der Waals surface area contributed by atoms with Crippen LogP contribution in [-0.2, 0) is 4.74 Å². The molecule has 13 heavy (non-hydrogen) atoms. The fourth-order valence-corrected chi connectivity index (χ4v) is 2.30. The lowest BCUT2D eigenvalue weighted by molar-refractivity contribution is 0.0588. The van der Waals surface area contributed by atoms with Crippen LogP contribution in [0.3, 0.4) is 0 Å². The zero-order chi connectivity index (χ0) is 9.84. The van der Waals surface area contributed by atoms with Gasteiger partial charge in [-0.05, 0) is 12.1 Å². The summed E-state index contributed by atoms with van der Waals surface area (Å²) in [4.78, 5) is 0.898. The third kappa shape index (κ3) is 2.95. The Morgan fingerprint density at radius 2 is 2.31 bits per heavy atom. The molecule has 2 atom stereocenters. The summed E-state index contributed by atoms with van der Waals surface area (Å²) in [6.07, 6.45) is -0.475. The minimum atomic E-state index is -0.475. The van der Waals surface area contributed by atoms with Crippen LogP contribution in [0.15, 0.2) is 12.1 Å². The molecule has 0 bridgehead atoms. The van der Waals surface area contributed by atoms with Crippen molar-refractivity contribution in [2.24, 2.45) is 5.92 Å². The van der Waals surface area contributed by atoms with Gasteiger partial charge >= 0.3 is 0 Å². The summed E-state index contributed by atoms with van der Waals surface area (Å²) in [5.74, 6) is 0.0970. The van der Waals surface area contributed by atoms with E-state index >= 15 is 0 Å².